The second-order valence-corrected chi connectivity index (χ2v) is 4.30. The van der Waals surface area contributed by atoms with E-state index in [-0.39, 0.29) is 23.7 Å². The van der Waals surface area contributed by atoms with Crippen LogP contribution in [0, 0.1) is 5.92 Å². The Morgan fingerprint density at radius 3 is 2.38 bits per heavy atom. The molecular weight excluding hydrogens is 202 g/mol. The highest BCUT2D eigenvalue weighted by Gasteiger charge is 2.39. The molecule has 3 heteroatoms. The van der Waals surface area contributed by atoms with Crippen LogP contribution in [-0.4, -0.2) is 23.8 Å². The molecule has 1 aliphatic heterocycles. The van der Waals surface area contributed by atoms with E-state index in [2.05, 4.69) is 0 Å². The third-order valence-electron chi connectivity index (χ3n) is 3.35. The van der Waals surface area contributed by atoms with Crippen LogP contribution >= 0.6 is 0 Å². The van der Waals surface area contributed by atoms with E-state index >= 15 is 0 Å². The average molecular weight is 217 g/mol. The Labute approximate surface area is 95.1 Å². The summed E-state index contributed by atoms with van der Waals surface area (Å²) in [5.41, 5.74) is 1.11. The van der Waals surface area contributed by atoms with Gasteiger partial charge in [0.1, 0.15) is 0 Å². The van der Waals surface area contributed by atoms with Gasteiger partial charge in [0.25, 0.3) is 0 Å². The molecule has 84 valence electrons. The Hall–Kier alpha value is -1.64. The summed E-state index contributed by atoms with van der Waals surface area (Å²) in [5, 5.41) is 0. The number of rotatable bonds is 2. The molecule has 1 aromatic rings. The molecule has 1 aromatic carbocycles. The van der Waals surface area contributed by atoms with Crippen molar-refractivity contribution in [3.05, 3.63) is 35.9 Å². The minimum atomic E-state index is -0.195. The molecule has 0 spiro atoms. The maximum absolute atomic E-state index is 11.8. The molecule has 1 saturated heterocycles. The monoisotopic (exact) mass is 217 g/mol. The first kappa shape index (κ1) is 10.9. The number of imide groups is 1. The number of nitrogens with zero attached hydrogens (tertiary/aromatic N) is 1. The van der Waals surface area contributed by atoms with Crippen molar-refractivity contribution in [2.24, 2.45) is 5.92 Å². The molecule has 0 bridgehead atoms. The minimum absolute atomic E-state index is 0.0543. The van der Waals surface area contributed by atoms with Gasteiger partial charge in [-0.05, 0) is 11.5 Å². The van der Waals surface area contributed by atoms with Crippen LogP contribution in [0.2, 0.25) is 0 Å². The summed E-state index contributed by atoms with van der Waals surface area (Å²) < 4.78 is 0. The van der Waals surface area contributed by atoms with Crippen molar-refractivity contribution in [2.75, 3.05) is 7.05 Å². The maximum atomic E-state index is 11.8. The lowest BCUT2D eigenvalue weighted by Gasteiger charge is -2.17. The molecule has 1 fully saturated rings. The second kappa shape index (κ2) is 4.08. The van der Waals surface area contributed by atoms with Gasteiger partial charge in [0.15, 0.2) is 0 Å². The van der Waals surface area contributed by atoms with E-state index in [0.717, 1.165) is 5.56 Å². The number of hydrogen-bond acceptors (Lipinski definition) is 2. The molecule has 2 unspecified atom stereocenters. The number of benzene rings is 1. The van der Waals surface area contributed by atoms with Crippen molar-refractivity contribution < 1.29 is 9.59 Å². The summed E-state index contributed by atoms with van der Waals surface area (Å²) in [6.07, 6.45) is 0.339. The van der Waals surface area contributed by atoms with Crippen LogP contribution in [0.3, 0.4) is 0 Å². The summed E-state index contributed by atoms with van der Waals surface area (Å²) in [7, 11) is 1.56. The highest BCUT2D eigenvalue weighted by Crippen LogP contribution is 2.32. The topological polar surface area (TPSA) is 37.4 Å². The summed E-state index contributed by atoms with van der Waals surface area (Å²) in [6, 6.07) is 9.86. The number of carbonyl (C=O) groups is 2. The molecule has 2 atom stereocenters. The van der Waals surface area contributed by atoms with E-state index in [1.54, 1.807) is 7.05 Å². The zero-order valence-corrected chi connectivity index (χ0v) is 9.51. The Morgan fingerprint density at radius 2 is 1.88 bits per heavy atom. The summed E-state index contributed by atoms with van der Waals surface area (Å²) in [6.45, 7) is 2.00. The van der Waals surface area contributed by atoms with Gasteiger partial charge in [0.05, 0.1) is 5.92 Å². The number of amides is 2. The van der Waals surface area contributed by atoms with Gasteiger partial charge in [-0.2, -0.15) is 0 Å². The molecule has 1 aliphatic rings. The molecule has 2 amide bonds. The van der Waals surface area contributed by atoms with Crippen LogP contribution in [-0.2, 0) is 9.59 Å². The predicted octanol–water partition coefficient (Wildman–Crippen LogP) is 1.79. The lowest BCUT2D eigenvalue weighted by atomic mass is 9.86. The highest BCUT2D eigenvalue weighted by molar-refractivity contribution is 6.03. The standard InChI is InChI=1S/C13H15NO2/c1-9(10-6-4-3-5-7-10)11-8-12(15)14(2)13(11)16/h3-7,9,11H,8H2,1-2H3. The Balaban J connectivity index is 2.21. The normalized spacial score (nSPS) is 22.6. The Bertz CT molecular complexity index is 413. The maximum Gasteiger partial charge on any atom is 0.233 e. The van der Waals surface area contributed by atoms with Gasteiger partial charge in [-0.15, -0.1) is 0 Å². The van der Waals surface area contributed by atoms with E-state index in [0.29, 0.717) is 6.42 Å². The van der Waals surface area contributed by atoms with Crippen molar-refractivity contribution in [3.63, 3.8) is 0 Å². The fraction of sp³-hybridized carbons (Fsp3) is 0.385. The zero-order chi connectivity index (χ0) is 11.7. The van der Waals surface area contributed by atoms with E-state index in [1.807, 2.05) is 37.3 Å². The van der Waals surface area contributed by atoms with Gasteiger partial charge < -0.3 is 0 Å². The summed E-state index contributed by atoms with van der Waals surface area (Å²) >= 11 is 0. The van der Waals surface area contributed by atoms with Crippen LogP contribution in [0.15, 0.2) is 30.3 Å². The fourth-order valence-corrected chi connectivity index (χ4v) is 2.16. The Kier molecular flexibility index (Phi) is 2.77. The predicted molar refractivity (Wildman–Crippen MR) is 60.7 cm³/mol. The first-order chi connectivity index (χ1) is 7.61. The quantitative estimate of drug-likeness (QED) is 0.708. The largest absolute Gasteiger partial charge is 0.285 e. The molecule has 0 aromatic heterocycles. The average Bonchev–Trinajstić information content (AvgIpc) is 2.57. The summed E-state index contributed by atoms with van der Waals surface area (Å²) in [5.74, 6) is -0.221. The molecule has 0 N–H and O–H groups in total. The van der Waals surface area contributed by atoms with E-state index in [4.69, 9.17) is 0 Å². The molecule has 16 heavy (non-hydrogen) atoms. The minimum Gasteiger partial charge on any atom is -0.285 e. The van der Waals surface area contributed by atoms with Crippen LogP contribution < -0.4 is 0 Å². The van der Waals surface area contributed by atoms with E-state index in [9.17, 15) is 9.59 Å². The van der Waals surface area contributed by atoms with Crippen LogP contribution in [0.4, 0.5) is 0 Å². The SMILES string of the molecule is CC(c1ccccc1)C1CC(=O)N(C)C1=O. The van der Waals surface area contributed by atoms with Crippen molar-refractivity contribution in [1.82, 2.24) is 4.90 Å². The number of likely N-dealkylation sites (tertiary alicyclic amines) is 1. The first-order valence-electron chi connectivity index (χ1n) is 5.46. The van der Waals surface area contributed by atoms with Gasteiger partial charge in [0.2, 0.25) is 11.8 Å². The molecule has 0 radical (unpaired) electrons. The van der Waals surface area contributed by atoms with Gasteiger partial charge in [-0.1, -0.05) is 37.3 Å². The third-order valence-corrected chi connectivity index (χ3v) is 3.35. The van der Waals surface area contributed by atoms with Crippen molar-refractivity contribution in [3.8, 4) is 0 Å². The number of hydrogen-bond donors (Lipinski definition) is 0. The van der Waals surface area contributed by atoms with E-state index in [1.165, 1.54) is 4.90 Å². The molecule has 0 aliphatic carbocycles. The summed E-state index contributed by atoms with van der Waals surface area (Å²) in [4.78, 5) is 24.5. The molecule has 1 heterocycles. The lowest BCUT2D eigenvalue weighted by Crippen LogP contribution is -2.27. The van der Waals surface area contributed by atoms with Crippen LogP contribution in [0.5, 0.6) is 0 Å². The fourth-order valence-electron chi connectivity index (χ4n) is 2.16. The second-order valence-electron chi connectivity index (χ2n) is 4.30. The lowest BCUT2D eigenvalue weighted by molar-refractivity contribution is -0.137. The van der Waals surface area contributed by atoms with Gasteiger partial charge in [-0.25, -0.2) is 0 Å². The van der Waals surface area contributed by atoms with Gasteiger partial charge in [-0.3, -0.25) is 14.5 Å². The Morgan fingerprint density at radius 1 is 1.25 bits per heavy atom. The van der Waals surface area contributed by atoms with Crippen LogP contribution in [0.25, 0.3) is 0 Å². The first-order valence-corrected chi connectivity index (χ1v) is 5.46. The van der Waals surface area contributed by atoms with Crippen molar-refractivity contribution in [2.45, 2.75) is 19.3 Å². The molecule has 2 rings (SSSR count). The van der Waals surface area contributed by atoms with E-state index < -0.39 is 0 Å². The van der Waals surface area contributed by atoms with Gasteiger partial charge in [0, 0.05) is 13.5 Å². The number of carbonyl (C=O) groups excluding carboxylic acids is 2. The zero-order valence-electron chi connectivity index (χ0n) is 9.51. The third kappa shape index (κ3) is 1.73. The highest BCUT2D eigenvalue weighted by atomic mass is 16.2. The van der Waals surface area contributed by atoms with Gasteiger partial charge >= 0.3 is 0 Å². The molecule has 3 nitrogen and oxygen atoms in total. The molecule has 0 saturated carbocycles. The van der Waals surface area contributed by atoms with Crippen molar-refractivity contribution >= 4 is 11.8 Å². The smallest absolute Gasteiger partial charge is 0.233 e. The van der Waals surface area contributed by atoms with Crippen LogP contribution in [0.1, 0.15) is 24.8 Å². The van der Waals surface area contributed by atoms with Crippen molar-refractivity contribution in [1.29, 1.82) is 0 Å². The molecular formula is C13H15NO2.